The van der Waals surface area contributed by atoms with E-state index in [2.05, 4.69) is 6.92 Å². The highest BCUT2D eigenvalue weighted by atomic mass is 31.2. The minimum absolute atomic E-state index is 0.373. The Balaban J connectivity index is 2.56. The van der Waals surface area contributed by atoms with Gasteiger partial charge in [0.2, 0.25) is 7.37 Å². The van der Waals surface area contributed by atoms with Gasteiger partial charge in [-0.2, -0.15) is 0 Å². The van der Waals surface area contributed by atoms with Crippen molar-refractivity contribution in [1.82, 2.24) is 0 Å². The third kappa shape index (κ3) is 3.92. The fourth-order valence-corrected chi connectivity index (χ4v) is 5.48. The second-order valence-electron chi connectivity index (χ2n) is 4.51. The van der Waals surface area contributed by atoms with Gasteiger partial charge >= 0.3 is 0 Å². The van der Waals surface area contributed by atoms with Crippen LogP contribution in [0.1, 0.15) is 58.8 Å². The minimum Gasteiger partial charge on any atom is -0.329 e. The lowest BCUT2D eigenvalue weighted by Gasteiger charge is -2.30. The Labute approximate surface area is 94.2 Å². The third-order valence-electron chi connectivity index (χ3n) is 3.30. The molecule has 0 aromatic heterocycles. The molecule has 0 heterocycles. The van der Waals surface area contributed by atoms with Crippen molar-refractivity contribution < 1.29 is 9.09 Å². The van der Waals surface area contributed by atoms with E-state index in [1.54, 1.807) is 0 Å². The molecule has 1 unspecified atom stereocenters. The second kappa shape index (κ2) is 6.70. The number of unbranched alkanes of at least 4 members (excludes halogenated alkanes) is 1. The van der Waals surface area contributed by atoms with E-state index in [1.807, 2.05) is 6.92 Å². The molecule has 0 N–H and O–H groups in total. The molecule has 15 heavy (non-hydrogen) atoms. The normalized spacial score (nSPS) is 22.5. The summed E-state index contributed by atoms with van der Waals surface area (Å²) in [4.78, 5) is 0. The van der Waals surface area contributed by atoms with Gasteiger partial charge in [0.25, 0.3) is 0 Å². The molecule has 0 amide bonds. The van der Waals surface area contributed by atoms with Gasteiger partial charge in [0.15, 0.2) is 0 Å². The summed E-state index contributed by atoms with van der Waals surface area (Å²) < 4.78 is 18.3. The molecular formula is C12H25O2P. The van der Waals surface area contributed by atoms with Gasteiger partial charge in [0.05, 0.1) is 6.61 Å². The van der Waals surface area contributed by atoms with Gasteiger partial charge in [0, 0.05) is 11.8 Å². The summed E-state index contributed by atoms with van der Waals surface area (Å²) in [5.74, 6) is 0. The Kier molecular flexibility index (Phi) is 5.92. The lowest BCUT2D eigenvalue weighted by Crippen LogP contribution is -2.17. The molecule has 0 aromatic carbocycles. The van der Waals surface area contributed by atoms with Gasteiger partial charge in [-0.3, -0.25) is 4.57 Å². The van der Waals surface area contributed by atoms with Crippen molar-refractivity contribution in [3.63, 3.8) is 0 Å². The molecule has 0 bridgehead atoms. The monoisotopic (exact) mass is 232 g/mol. The van der Waals surface area contributed by atoms with Crippen molar-refractivity contribution in [2.75, 3.05) is 12.8 Å². The van der Waals surface area contributed by atoms with E-state index in [0.29, 0.717) is 12.3 Å². The average molecular weight is 232 g/mol. The minimum atomic E-state index is -2.31. The molecule has 0 radical (unpaired) electrons. The van der Waals surface area contributed by atoms with Crippen molar-refractivity contribution in [3.8, 4) is 0 Å². The van der Waals surface area contributed by atoms with Crippen molar-refractivity contribution in [3.05, 3.63) is 0 Å². The molecule has 0 aliphatic heterocycles. The summed E-state index contributed by atoms with van der Waals surface area (Å²) in [5.41, 5.74) is 0.373. The lowest BCUT2D eigenvalue weighted by molar-refractivity contribution is 0.313. The Hall–Kier alpha value is 0.190. The van der Waals surface area contributed by atoms with Gasteiger partial charge in [-0.05, 0) is 26.2 Å². The van der Waals surface area contributed by atoms with Crippen molar-refractivity contribution in [2.24, 2.45) is 0 Å². The topological polar surface area (TPSA) is 26.3 Å². The zero-order valence-corrected chi connectivity index (χ0v) is 11.1. The van der Waals surface area contributed by atoms with Crippen LogP contribution in [0.25, 0.3) is 0 Å². The molecule has 90 valence electrons. The summed E-state index contributed by atoms with van der Waals surface area (Å²) in [6.45, 7) is 4.72. The summed E-state index contributed by atoms with van der Waals surface area (Å²) in [7, 11) is -2.31. The standard InChI is InChI=1S/C12H25O2P/c1-3-5-11-15(13,14-4-2)12-9-7-6-8-10-12/h12H,3-11H2,1-2H3. The Bertz CT molecular complexity index is 210. The first-order valence-corrected chi connectivity index (χ1v) is 8.34. The van der Waals surface area contributed by atoms with Crippen LogP contribution >= 0.6 is 7.37 Å². The zero-order valence-electron chi connectivity index (χ0n) is 10.2. The molecule has 1 fully saturated rings. The Morgan fingerprint density at radius 2 is 1.87 bits per heavy atom. The smallest absolute Gasteiger partial charge is 0.206 e. The van der Waals surface area contributed by atoms with E-state index >= 15 is 0 Å². The molecule has 0 saturated heterocycles. The van der Waals surface area contributed by atoms with Crippen molar-refractivity contribution in [1.29, 1.82) is 0 Å². The van der Waals surface area contributed by atoms with Gasteiger partial charge in [0.1, 0.15) is 0 Å². The first-order valence-electron chi connectivity index (χ1n) is 6.46. The van der Waals surface area contributed by atoms with Crippen LogP contribution in [0.5, 0.6) is 0 Å². The van der Waals surface area contributed by atoms with Gasteiger partial charge in [-0.1, -0.05) is 32.6 Å². The molecule has 3 heteroatoms. The summed E-state index contributed by atoms with van der Waals surface area (Å²) >= 11 is 0. The van der Waals surface area contributed by atoms with Gasteiger partial charge in [-0.25, -0.2) is 0 Å². The maximum Gasteiger partial charge on any atom is 0.206 e. The lowest BCUT2D eigenvalue weighted by atomic mass is 10.0. The van der Waals surface area contributed by atoms with Gasteiger partial charge in [-0.15, -0.1) is 0 Å². The molecule has 1 rings (SSSR count). The number of hydrogen-bond acceptors (Lipinski definition) is 2. The maximum absolute atomic E-state index is 12.7. The Morgan fingerprint density at radius 3 is 2.40 bits per heavy atom. The van der Waals surface area contributed by atoms with Crippen LogP contribution in [0.4, 0.5) is 0 Å². The van der Waals surface area contributed by atoms with Gasteiger partial charge < -0.3 is 4.52 Å². The molecule has 1 aliphatic carbocycles. The summed E-state index contributed by atoms with van der Waals surface area (Å²) in [5, 5.41) is 0. The van der Waals surface area contributed by atoms with Crippen molar-refractivity contribution in [2.45, 2.75) is 64.5 Å². The molecule has 0 spiro atoms. The van der Waals surface area contributed by atoms with Crippen LogP contribution in [0.2, 0.25) is 0 Å². The SMILES string of the molecule is CCCCP(=O)(OCC)C1CCCCC1. The van der Waals surface area contributed by atoms with E-state index in [-0.39, 0.29) is 0 Å². The van der Waals surface area contributed by atoms with Crippen LogP contribution in [0.15, 0.2) is 0 Å². The molecule has 1 atom stereocenters. The van der Waals surface area contributed by atoms with Crippen LogP contribution < -0.4 is 0 Å². The van der Waals surface area contributed by atoms with E-state index in [9.17, 15) is 4.57 Å². The predicted molar refractivity (Wildman–Crippen MR) is 65.9 cm³/mol. The molecular weight excluding hydrogens is 207 g/mol. The van der Waals surface area contributed by atoms with Crippen LogP contribution in [0, 0.1) is 0 Å². The van der Waals surface area contributed by atoms with Crippen LogP contribution in [-0.2, 0) is 9.09 Å². The average Bonchev–Trinajstić information content (AvgIpc) is 2.28. The molecule has 0 aromatic rings. The number of hydrogen-bond donors (Lipinski definition) is 0. The first-order chi connectivity index (χ1) is 7.23. The number of rotatable bonds is 6. The maximum atomic E-state index is 12.7. The highest BCUT2D eigenvalue weighted by Gasteiger charge is 2.33. The molecule has 1 saturated carbocycles. The molecule has 2 nitrogen and oxygen atoms in total. The highest BCUT2D eigenvalue weighted by molar-refractivity contribution is 7.59. The summed E-state index contributed by atoms with van der Waals surface area (Å²) in [6, 6.07) is 0. The van der Waals surface area contributed by atoms with Crippen molar-refractivity contribution >= 4 is 7.37 Å². The fraction of sp³-hybridized carbons (Fsp3) is 1.00. The van der Waals surface area contributed by atoms with Crippen LogP contribution in [0.3, 0.4) is 0 Å². The van der Waals surface area contributed by atoms with E-state index < -0.39 is 7.37 Å². The largest absolute Gasteiger partial charge is 0.329 e. The van der Waals surface area contributed by atoms with E-state index in [0.717, 1.165) is 31.8 Å². The second-order valence-corrected chi connectivity index (χ2v) is 7.40. The van der Waals surface area contributed by atoms with Crippen LogP contribution in [-0.4, -0.2) is 18.4 Å². The highest BCUT2D eigenvalue weighted by Crippen LogP contribution is 2.56. The fourth-order valence-electron chi connectivity index (χ4n) is 2.42. The third-order valence-corrected chi connectivity index (χ3v) is 6.57. The first kappa shape index (κ1) is 13.3. The molecule has 1 aliphatic rings. The predicted octanol–water partition coefficient (Wildman–Crippen LogP) is 4.43. The quantitative estimate of drug-likeness (QED) is 0.633. The zero-order chi connectivity index (χ0) is 11.1. The Morgan fingerprint density at radius 1 is 1.20 bits per heavy atom. The van der Waals surface area contributed by atoms with E-state index in [1.165, 1.54) is 19.3 Å². The van der Waals surface area contributed by atoms with E-state index in [4.69, 9.17) is 4.52 Å². The summed E-state index contributed by atoms with van der Waals surface area (Å²) in [6.07, 6.45) is 9.03.